The molecule has 114 valence electrons. The average molecular weight is 315 g/mol. The summed E-state index contributed by atoms with van der Waals surface area (Å²) in [6.07, 6.45) is 5.07. The van der Waals surface area contributed by atoms with Crippen LogP contribution in [-0.4, -0.2) is 28.1 Å². The zero-order valence-electron chi connectivity index (χ0n) is 11.5. The Labute approximate surface area is 124 Å². The van der Waals surface area contributed by atoms with E-state index in [4.69, 9.17) is 0 Å². The molecule has 0 aliphatic rings. The van der Waals surface area contributed by atoms with Crippen molar-refractivity contribution in [2.24, 2.45) is 0 Å². The lowest BCUT2D eigenvalue weighted by molar-refractivity contribution is -0.0498. The number of halogens is 2. The van der Waals surface area contributed by atoms with E-state index in [1.165, 1.54) is 6.07 Å². The zero-order valence-corrected chi connectivity index (χ0v) is 12.4. The van der Waals surface area contributed by atoms with Crippen molar-refractivity contribution >= 4 is 17.2 Å². The number of nitrogens with zero attached hydrogens (tertiary/aromatic N) is 2. The molecule has 1 atom stereocenters. The van der Waals surface area contributed by atoms with Gasteiger partial charge in [-0.25, -0.2) is 4.98 Å². The summed E-state index contributed by atoms with van der Waals surface area (Å²) in [5.74, 6) is -0.504. The van der Waals surface area contributed by atoms with Crippen molar-refractivity contribution in [2.75, 3.05) is 0 Å². The Kier molecular flexibility index (Phi) is 4.89. The first-order valence-corrected chi connectivity index (χ1v) is 7.09. The second-order valence-electron chi connectivity index (χ2n) is 4.56. The van der Waals surface area contributed by atoms with Crippen molar-refractivity contribution in [3.05, 3.63) is 34.5 Å². The fourth-order valence-corrected chi connectivity index (χ4v) is 2.73. The van der Waals surface area contributed by atoms with Crippen LogP contribution in [-0.2, 0) is 6.54 Å². The highest BCUT2D eigenvalue weighted by atomic mass is 32.1. The molecule has 8 heteroatoms. The molecule has 0 saturated heterocycles. The van der Waals surface area contributed by atoms with Crippen LogP contribution in [0.25, 0.3) is 0 Å². The van der Waals surface area contributed by atoms with Crippen molar-refractivity contribution in [1.82, 2.24) is 14.9 Å². The number of alkyl halides is 2. The van der Waals surface area contributed by atoms with Gasteiger partial charge in [0.2, 0.25) is 0 Å². The van der Waals surface area contributed by atoms with Gasteiger partial charge in [-0.05, 0) is 19.9 Å². The maximum Gasteiger partial charge on any atom is 0.387 e. The highest BCUT2D eigenvalue weighted by Gasteiger charge is 2.20. The number of amides is 1. The fourth-order valence-electron chi connectivity index (χ4n) is 1.88. The van der Waals surface area contributed by atoms with Crippen LogP contribution in [0.3, 0.4) is 0 Å². The van der Waals surface area contributed by atoms with Crippen LogP contribution in [0.5, 0.6) is 5.75 Å². The van der Waals surface area contributed by atoms with Gasteiger partial charge in [0, 0.05) is 29.9 Å². The molecule has 21 heavy (non-hydrogen) atoms. The van der Waals surface area contributed by atoms with E-state index in [1.54, 1.807) is 25.6 Å². The lowest BCUT2D eigenvalue weighted by atomic mass is 10.3. The molecule has 0 spiro atoms. The Morgan fingerprint density at radius 1 is 1.57 bits per heavy atom. The van der Waals surface area contributed by atoms with E-state index >= 15 is 0 Å². The fraction of sp³-hybridized carbons (Fsp3) is 0.385. The summed E-state index contributed by atoms with van der Waals surface area (Å²) in [6.45, 7) is 1.15. The van der Waals surface area contributed by atoms with Crippen LogP contribution >= 0.6 is 11.3 Å². The Morgan fingerprint density at radius 3 is 2.95 bits per heavy atom. The highest BCUT2D eigenvalue weighted by Crippen LogP contribution is 2.30. The summed E-state index contributed by atoms with van der Waals surface area (Å²) in [7, 11) is 0. The van der Waals surface area contributed by atoms with E-state index in [9.17, 15) is 13.6 Å². The van der Waals surface area contributed by atoms with Crippen molar-refractivity contribution in [3.63, 3.8) is 0 Å². The lowest BCUT2D eigenvalue weighted by Gasteiger charge is -2.14. The number of hydrogen-bond acceptors (Lipinski definition) is 4. The molecule has 0 aliphatic heterocycles. The number of imidazole rings is 1. The Balaban J connectivity index is 2.02. The highest BCUT2D eigenvalue weighted by molar-refractivity contribution is 7.14. The number of nitrogens with one attached hydrogen (secondary N) is 1. The summed E-state index contributed by atoms with van der Waals surface area (Å²) in [5, 5.41) is 2.76. The zero-order chi connectivity index (χ0) is 15.4. The van der Waals surface area contributed by atoms with Gasteiger partial charge in [0.15, 0.2) is 0 Å². The van der Waals surface area contributed by atoms with Crippen molar-refractivity contribution < 1.29 is 18.3 Å². The Morgan fingerprint density at radius 2 is 2.33 bits per heavy atom. The maximum absolute atomic E-state index is 12.3. The second kappa shape index (κ2) is 6.66. The van der Waals surface area contributed by atoms with Gasteiger partial charge >= 0.3 is 6.61 Å². The average Bonchev–Trinajstić information content (AvgIpc) is 2.98. The molecule has 0 bridgehead atoms. The van der Waals surface area contributed by atoms with E-state index in [0.29, 0.717) is 6.54 Å². The smallest absolute Gasteiger partial charge is 0.387 e. The third-order valence-corrected chi connectivity index (χ3v) is 3.70. The van der Waals surface area contributed by atoms with Gasteiger partial charge in [0.05, 0.1) is 6.33 Å². The summed E-state index contributed by atoms with van der Waals surface area (Å²) in [5.41, 5.74) is 0. The quantitative estimate of drug-likeness (QED) is 0.891. The first-order chi connectivity index (χ1) is 9.95. The number of aromatic nitrogens is 2. The van der Waals surface area contributed by atoms with Crippen LogP contribution in [0.4, 0.5) is 8.78 Å². The first kappa shape index (κ1) is 15.4. The second-order valence-corrected chi connectivity index (χ2v) is 5.82. The number of aryl methyl sites for hydroxylation is 1. The molecule has 2 aromatic rings. The topological polar surface area (TPSA) is 56.1 Å². The molecule has 0 aromatic carbocycles. The number of carbonyl (C=O) groups is 1. The van der Waals surface area contributed by atoms with Crippen LogP contribution in [0.1, 0.15) is 21.5 Å². The van der Waals surface area contributed by atoms with Gasteiger partial charge < -0.3 is 14.6 Å². The van der Waals surface area contributed by atoms with Gasteiger partial charge in [-0.15, -0.1) is 11.3 Å². The third kappa shape index (κ3) is 4.25. The molecule has 1 amide bonds. The summed E-state index contributed by atoms with van der Waals surface area (Å²) in [4.78, 5) is 17.0. The first-order valence-electron chi connectivity index (χ1n) is 6.27. The van der Waals surface area contributed by atoms with Gasteiger partial charge in [-0.1, -0.05) is 0 Å². The monoisotopic (exact) mass is 315 g/mol. The maximum atomic E-state index is 12.3. The normalized spacial score (nSPS) is 12.4. The standard InChI is InChI=1S/C13H15F2N3O2S/c1-8(6-18-4-3-16-7-18)17-12(19)11-10(20-13(14)15)5-9(2)21-11/h3-5,7-8,13H,6H2,1-2H3,(H,17,19)/t8-/m0/s1. The van der Waals surface area contributed by atoms with Crippen LogP contribution in [0, 0.1) is 6.92 Å². The number of thiophene rings is 1. The van der Waals surface area contributed by atoms with Crippen molar-refractivity contribution in [3.8, 4) is 5.75 Å². The number of carbonyl (C=O) groups excluding carboxylic acids is 1. The predicted octanol–water partition coefficient (Wildman–Crippen LogP) is 2.67. The molecule has 1 N–H and O–H groups in total. The minimum Gasteiger partial charge on any atom is -0.433 e. The summed E-state index contributed by atoms with van der Waals surface area (Å²) in [6, 6.07) is 1.26. The molecule has 2 aromatic heterocycles. The van der Waals surface area contributed by atoms with Gasteiger partial charge in [-0.2, -0.15) is 8.78 Å². The van der Waals surface area contributed by atoms with Gasteiger partial charge in [0.1, 0.15) is 10.6 Å². The van der Waals surface area contributed by atoms with Crippen molar-refractivity contribution in [2.45, 2.75) is 33.0 Å². The van der Waals surface area contributed by atoms with E-state index in [1.807, 2.05) is 11.5 Å². The van der Waals surface area contributed by atoms with E-state index < -0.39 is 12.5 Å². The summed E-state index contributed by atoms with van der Waals surface area (Å²) >= 11 is 1.12. The Bertz CT molecular complexity index is 599. The SMILES string of the molecule is Cc1cc(OC(F)F)c(C(=O)N[C@@H](C)Cn2ccnc2)s1. The van der Waals surface area contributed by atoms with Crippen LogP contribution in [0.2, 0.25) is 0 Å². The van der Waals surface area contributed by atoms with Crippen LogP contribution in [0.15, 0.2) is 24.8 Å². The molecular weight excluding hydrogens is 300 g/mol. The van der Waals surface area contributed by atoms with E-state index in [0.717, 1.165) is 16.2 Å². The predicted molar refractivity (Wildman–Crippen MR) is 74.8 cm³/mol. The number of rotatable bonds is 6. The minimum atomic E-state index is -2.95. The molecule has 0 aliphatic carbocycles. The molecule has 2 rings (SSSR count). The van der Waals surface area contributed by atoms with Gasteiger partial charge in [-0.3, -0.25) is 4.79 Å². The lowest BCUT2D eigenvalue weighted by Crippen LogP contribution is -2.35. The number of ether oxygens (including phenoxy) is 1. The molecular formula is C13H15F2N3O2S. The van der Waals surface area contributed by atoms with Gasteiger partial charge in [0.25, 0.3) is 5.91 Å². The molecule has 2 heterocycles. The summed E-state index contributed by atoms with van der Waals surface area (Å²) < 4.78 is 30.9. The van der Waals surface area contributed by atoms with Crippen molar-refractivity contribution in [1.29, 1.82) is 0 Å². The third-order valence-electron chi connectivity index (χ3n) is 2.66. The number of hydrogen-bond donors (Lipinski definition) is 1. The van der Waals surface area contributed by atoms with E-state index in [2.05, 4.69) is 15.0 Å². The largest absolute Gasteiger partial charge is 0.433 e. The Hall–Kier alpha value is -1.96. The van der Waals surface area contributed by atoms with E-state index in [-0.39, 0.29) is 16.7 Å². The van der Waals surface area contributed by atoms with Crippen LogP contribution < -0.4 is 10.1 Å². The molecule has 0 fully saturated rings. The minimum absolute atomic E-state index is 0.0835. The molecule has 0 saturated carbocycles. The molecule has 0 radical (unpaired) electrons. The molecule has 5 nitrogen and oxygen atoms in total. The molecule has 0 unspecified atom stereocenters.